The van der Waals surface area contributed by atoms with Gasteiger partial charge >= 0.3 is 6.03 Å². The van der Waals surface area contributed by atoms with Crippen molar-refractivity contribution in [3.05, 3.63) is 0 Å². The molecule has 1 fully saturated rings. The molecule has 2 atom stereocenters. The number of ether oxygens (including phenoxy) is 1. The molecule has 0 radical (unpaired) electrons. The lowest BCUT2D eigenvalue weighted by Gasteiger charge is -2.42. The van der Waals surface area contributed by atoms with Crippen LogP contribution < -0.4 is 16.4 Å². The summed E-state index contributed by atoms with van der Waals surface area (Å²) in [7, 11) is 1.56. The first-order chi connectivity index (χ1) is 9.74. The molecule has 0 aromatic rings. The fourth-order valence-electron chi connectivity index (χ4n) is 2.54. The van der Waals surface area contributed by atoms with Crippen LogP contribution in [0.2, 0.25) is 0 Å². The maximum absolute atomic E-state index is 11.9. The summed E-state index contributed by atoms with van der Waals surface area (Å²) in [6.45, 7) is 8.15. The molecule has 0 bridgehead atoms. The standard InChI is InChI=1S/C14H28N4O3/c1-10(8-21-4)16-13(20)17-12(19)7-18-6-5-11(15)14(2,3)9-18/h10-11H,5-9,15H2,1-4H3,(H2,16,17,19,20). The topological polar surface area (TPSA) is 96.7 Å². The van der Waals surface area contributed by atoms with E-state index in [2.05, 4.69) is 24.5 Å². The van der Waals surface area contributed by atoms with Gasteiger partial charge in [-0.05, 0) is 18.8 Å². The third-order valence-corrected chi connectivity index (χ3v) is 3.81. The number of methoxy groups -OCH3 is 1. The Kier molecular flexibility index (Phi) is 6.57. The molecular weight excluding hydrogens is 272 g/mol. The summed E-state index contributed by atoms with van der Waals surface area (Å²) in [6, 6.07) is -0.484. The average molecular weight is 300 g/mol. The molecular formula is C14H28N4O3. The lowest BCUT2D eigenvalue weighted by molar-refractivity contribution is -0.122. The third kappa shape index (κ3) is 5.99. The van der Waals surface area contributed by atoms with Gasteiger partial charge in [0, 0.05) is 26.2 Å². The monoisotopic (exact) mass is 300 g/mol. The normalized spacial score (nSPS) is 23.4. The van der Waals surface area contributed by atoms with Crippen LogP contribution in [0, 0.1) is 5.41 Å². The number of rotatable bonds is 5. The van der Waals surface area contributed by atoms with Gasteiger partial charge in [-0.15, -0.1) is 0 Å². The number of carbonyl (C=O) groups excluding carboxylic acids is 2. The Balaban J connectivity index is 2.35. The van der Waals surface area contributed by atoms with Gasteiger partial charge in [-0.3, -0.25) is 15.0 Å². The van der Waals surface area contributed by atoms with Gasteiger partial charge in [-0.25, -0.2) is 4.79 Å². The first kappa shape index (κ1) is 17.9. The van der Waals surface area contributed by atoms with Crippen molar-refractivity contribution in [2.45, 2.75) is 39.3 Å². The SMILES string of the molecule is COCC(C)NC(=O)NC(=O)CN1CCC(N)C(C)(C)C1. The number of piperidine rings is 1. The van der Waals surface area contributed by atoms with Gasteiger partial charge in [0.15, 0.2) is 0 Å². The summed E-state index contributed by atoms with van der Waals surface area (Å²) in [5.41, 5.74) is 6.05. The summed E-state index contributed by atoms with van der Waals surface area (Å²) >= 11 is 0. The highest BCUT2D eigenvalue weighted by atomic mass is 16.5. The molecule has 0 aromatic heterocycles. The van der Waals surface area contributed by atoms with Gasteiger partial charge in [0.1, 0.15) is 0 Å². The van der Waals surface area contributed by atoms with E-state index in [-0.39, 0.29) is 30.0 Å². The molecule has 0 saturated carbocycles. The van der Waals surface area contributed by atoms with E-state index in [1.54, 1.807) is 7.11 Å². The second-order valence-corrected chi connectivity index (χ2v) is 6.47. The Bertz CT molecular complexity index is 373. The van der Waals surface area contributed by atoms with Crippen LogP contribution >= 0.6 is 0 Å². The Morgan fingerprint density at radius 2 is 2.14 bits per heavy atom. The molecule has 2 unspecified atom stereocenters. The van der Waals surface area contributed by atoms with Crippen LogP contribution in [-0.2, 0) is 9.53 Å². The van der Waals surface area contributed by atoms with Crippen molar-refractivity contribution in [1.29, 1.82) is 0 Å². The first-order valence-corrected chi connectivity index (χ1v) is 7.32. The van der Waals surface area contributed by atoms with Crippen LogP contribution in [-0.4, -0.2) is 62.3 Å². The molecule has 21 heavy (non-hydrogen) atoms. The third-order valence-electron chi connectivity index (χ3n) is 3.81. The molecule has 1 aliphatic rings. The Morgan fingerprint density at radius 1 is 1.48 bits per heavy atom. The van der Waals surface area contributed by atoms with E-state index in [4.69, 9.17) is 10.5 Å². The van der Waals surface area contributed by atoms with Gasteiger partial charge in [-0.2, -0.15) is 0 Å². The van der Waals surface area contributed by atoms with Gasteiger partial charge in [0.2, 0.25) is 5.91 Å². The van der Waals surface area contributed by atoms with Crippen LogP contribution in [0.25, 0.3) is 0 Å². The number of imide groups is 1. The summed E-state index contributed by atoms with van der Waals surface area (Å²) in [4.78, 5) is 25.5. The van der Waals surface area contributed by atoms with Crippen molar-refractivity contribution >= 4 is 11.9 Å². The van der Waals surface area contributed by atoms with Gasteiger partial charge in [-0.1, -0.05) is 13.8 Å². The zero-order valence-electron chi connectivity index (χ0n) is 13.4. The van der Waals surface area contributed by atoms with E-state index in [0.29, 0.717) is 6.61 Å². The summed E-state index contributed by atoms with van der Waals surface area (Å²) in [5.74, 6) is -0.302. The van der Waals surface area contributed by atoms with E-state index >= 15 is 0 Å². The molecule has 1 saturated heterocycles. The lowest BCUT2D eigenvalue weighted by atomic mass is 9.80. The number of carbonyl (C=O) groups is 2. The summed E-state index contributed by atoms with van der Waals surface area (Å²) < 4.78 is 4.92. The molecule has 1 heterocycles. The van der Waals surface area contributed by atoms with Crippen molar-refractivity contribution in [2.75, 3.05) is 33.4 Å². The highest BCUT2D eigenvalue weighted by Gasteiger charge is 2.34. The Morgan fingerprint density at radius 3 is 2.71 bits per heavy atom. The van der Waals surface area contributed by atoms with Crippen LogP contribution in [0.4, 0.5) is 4.79 Å². The van der Waals surface area contributed by atoms with Crippen molar-refractivity contribution in [3.8, 4) is 0 Å². The number of amides is 3. The van der Waals surface area contributed by atoms with E-state index in [9.17, 15) is 9.59 Å². The first-order valence-electron chi connectivity index (χ1n) is 7.32. The molecule has 3 amide bonds. The molecule has 122 valence electrons. The van der Waals surface area contributed by atoms with Crippen molar-refractivity contribution in [3.63, 3.8) is 0 Å². The van der Waals surface area contributed by atoms with E-state index in [1.807, 2.05) is 11.8 Å². The number of hydrogen-bond acceptors (Lipinski definition) is 5. The molecule has 4 N–H and O–H groups in total. The van der Waals surface area contributed by atoms with E-state index < -0.39 is 6.03 Å². The lowest BCUT2D eigenvalue weighted by Crippen LogP contribution is -2.55. The molecule has 1 rings (SSSR count). The van der Waals surface area contributed by atoms with E-state index in [0.717, 1.165) is 19.5 Å². The Labute approximate surface area is 126 Å². The van der Waals surface area contributed by atoms with Gasteiger partial charge in [0.05, 0.1) is 19.2 Å². The quantitative estimate of drug-likeness (QED) is 0.659. The fourth-order valence-corrected chi connectivity index (χ4v) is 2.54. The number of nitrogens with zero attached hydrogens (tertiary/aromatic N) is 1. The fraction of sp³-hybridized carbons (Fsp3) is 0.857. The minimum absolute atomic E-state index is 0.0201. The average Bonchev–Trinajstić information content (AvgIpc) is 2.33. The molecule has 0 aromatic carbocycles. The minimum atomic E-state index is -0.488. The molecule has 0 aliphatic carbocycles. The highest BCUT2D eigenvalue weighted by molar-refractivity contribution is 5.95. The van der Waals surface area contributed by atoms with Crippen molar-refractivity contribution < 1.29 is 14.3 Å². The smallest absolute Gasteiger partial charge is 0.321 e. The second kappa shape index (κ2) is 7.72. The summed E-state index contributed by atoms with van der Waals surface area (Å²) in [5, 5.41) is 4.98. The maximum atomic E-state index is 11.9. The van der Waals surface area contributed by atoms with Gasteiger partial charge < -0.3 is 15.8 Å². The number of urea groups is 1. The molecule has 0 spiro atoms. The molecule has 7 heteroatoms. The Hall–Kier alpha value is -1.18. The van der Waals surface area contributed by atoms with Crippen LogP contribution in [0.1, 0.15) is 27.2 Å². The zero-order valence-corrected chi connectivity index (χ0v) is 13.4. The zero-order chi connectivity index (χ0) is 16.0. The largest absolute Gasteiger partial charge is 0.383 e. The van der Waals surface area contributed by atoms with Crippen LogP contribution in [0.15, 0.2) is 0 Å². The highest BCUT2D eigenvalue weighted by Crippen LogP contribution is 2.27. The predicted octanol–water partition coefficient (Wildman–Crippen LogP) is -0.0937. The van der Waals surface area contributed by atoms with E-state index in [1.165, 1.54) is 0 Å². The molecule has 7 nitrogen and oxygen atoms in total. The van der Waals surface area contributed by atoms with Gasteiger partial charge in [0.25, 0.3) is 0 Å². The minimum Gasteiger partial charge on any atom is -0.383 e. The second-order valence-electron chi connectivity index (χ2n) is 6.47. The van der Waals surface area contributed by atoms with Crippen molar-refractivity contribution in [1.82, 2.24) is 15.5 Å². The number of nitrogens with one attached hydrogen (secondary N) is 2. The van der Waals surface area contributed by atoms with Crippen LogP contribution in [0.5, 0.6) is 0 Å². The van der Waals surface area contributed by atoms with Crippen LogP contribution in [0.3, 0.4) is 0 Å². The molecule has 1 aliphatic heterocycles. The summed E-state index contributed by atoms with van der Waals surface area (Å²) in [6.07, 6.45) is 0.858. The number of hydrogen-bond donors (Lipinski definition) is 3. The predicted molar refractivity (Wildman–Crippen MR) is 80.8 cm³/mol. The maximum Gasteiger partial charge on any atom is 0.321 e. The number of nitrogens with two attached hydrogens (primary N) is 1. The van der Waals surface area contributed by atoms with Crippen molar-refractivity contribution in [2.24, 2.45) is 11.1 Å². The number of likely N-dealkylation sites (tertiary alicyclic amines) is 1.